The molecule has 0 saturated carbocycles. The van der Waals surface area contributed by atoms with Gasteiger partial charge in [-0.25, -0.2) is 4.98 Å². The van der Waals surface area contributed by atoms with E-state index >= 15 is 0 Å². The zero-order valence-corrected chi connectivity index (χ0v) is 15.3. The lowest BCUT2D eigenvalue weighted by atomic mass is 9.89. The molecule has 2 aliphatic heterocycles. The van der Waals surface area contributed by atoms with Crippen LogP contribution in [0.3, 0.4) is 0 Å². The Morgan fingerprint density at radius 3 is 2.64 bits per heavy atom. The summed E-state index contributed by atoms with van der Waals surface area (Å²) in [6, 6.07) is 5.73. The molecule has 1 aromatic heterocycles. The molecule has 1 N–H and O–H groups in total. The van der Waals surface area contributed by atoms with Gasteiger partial charge in [-0.1, -0.05) is 6.07 Å². The van der Waals surface area contributed by atoms with Crippen LogP contribution in [0.25, 0.3) is 0 Å². The van der Waals surface area contributed by atoms with Crippen molar-refractivity contribution in [1.29, 1.82) is 0 Å². The van der Waals surface area contributed by atoms with Crippen molar-refractivity contribution in [2.45, 2.75) is 37.2 Å². The Morgan fingerprint density at radius 2 is 2.00 bits per heavy atom. The van der Waals surface area contributed by atoms with Crippen LogP contribution in [0, 0.1) is 0 Å². The van der Waals surface area contributed by atoms with Crippen molar-refractivity contribution in [3.05, 3.63) is 29.6 Å². The Labute approximate surface area is 149 Å². The van der Waals surface area contributed by atoms with Crippen LogP contribution in [0.15, 0.2) is 18.2 Å². The van der Waals surface area contributed by atoms with Crippen molar-refractivity contribution < 1.29 is 14.6 Å². The van der Waals surface area contributed by atoms with Crippen LogP contribution in [-0.2, 0) is 4.74 Å². The number of aliphatic hydroxyl groups is 1. The third-order valence-electron chi connectivity index (χ3n) is 5.34. The summed E-state index contributed by atoms with van der Waals surface area (Å²) in [5, 5.41) is 10.7. The number of piperidine rings is 1. The highest BCUT2D eigenvalue weighted by molar-refractivity contribution is 5.91. The molecule has 0 radical (unpaired) electrons. The number of hydrogen-bond donors (Lipinski definition) is 1. The van der Waals surface area contributed by atoms with Crippen molar-refractivity contribution in [2.75, 3.05) is 46.9 Å². The van der Waals surface area contributed by atoms with Crippen LogP contribution in [0.1, 0.15) is 47.8 Å². The van der Waals surface area contributed by atoms with E-state index in [-0.39, 0.29) is 5.91 Å². The number of β-amino-alcohol motifs (C(OH)–C–C–N with tert-alkyl or cyclic N) is 1. The molecule has 0 aromatic carbocycles. The van der Waals surface area contributed by atoms with Gasteiger partial charge < -0.3 is 19.6 Å². The number of pyridine rings is 1. The number of carbonyl (C=O) groups excluding carboxylic acids is 1. The first-order valence-corrected chi connectivity index (χ1v) is 9.18. The molecular formula is C19H29N3O3. The van der Waals surface area contributed by atoms with Gasteiger partial charge >= 0.3 is 0 Å². The second kappa shape index (κ2) is 7.81. The molecule has 6 heteroatoms. The minimum Gasteiger partial charge on any atom is -0.388 e. The molecule has 0 spiro atoms. The first kappa shape index (κ1) is 18.3. The summed E-state index contributed by atoms with van der Waals surface area (Å²) < 4.78 is 5.36. The normalized spacial score (nSPS) is 21.9. The van der Waals surface area contributed by atoms with Crippen LogP contribution in [0.4, 0.5) is 0 Å². The van der Waals surface area contributed by atoms with Gasteiger partial charge in [0.15, 0.2) is 0 Å². The van der Waals surface area contributed by atoms with Crippen LogP contribution in [0.2, 0.25) is 0 Å². The highest BCUT2D eigenvalue weighted by atomic mass is 16.5. The van der Waals surface area contributed by atoms with Gasteiger partial charge in [0.05, 0.1) is 5.60 Å². The van der Waals surface area contributed by atoms with Crippen LogP contribution in [0.5, 0.6) is 0 Å². The maximum absolute atomic E-state index is 12.1. The Kier molecular flexibility index (Phi) is 5.71. The van der Waals surface area contributed by atoms with E-state index in [1.54, 1.807) is 25.1 Å². The van der Waals surface area contributed by atoms with Gasteiger partial charge in [0.1, 0.15) is 5.69 Å². The number of carbonyl (C=O) groups is 1. The summed E-state index contributed by atoms with van der Waals surface area (Å²) in [6.45, 7) is 3.96. The third kappa shape index (κ3) is 4.57. The molecule has 0 bridgehead atoms. The molecular weight excluding hydrogens is 318 g/mol. The number of likely N-dealkylation sites (tertiary alicyclic amines) is 1. The summed E-state index contributed by atoms with van der Waals surface area (Å²) in [4.78, 5) is 20.6. The zero-order valence-electron chi connectivity index (χ0n) is 15.3. The van der Waals surface area contributed by atoms with Crippen molar-refractivity contribution in [3.8, 4) is 0 Å². The first-order chi connectivity index (χ1) is 12.0. The Bertz CT molecular complexity index is 591. The standard InChI is InChI=1S/C19H29N3O3/c1-21(2)18(23)17-5-3-4-16(20-17)15-6-10-22(11-7-15)14-19(24)8-12-25-13-9-19/h3-5,15,24H,6-14H2,1-2H3. The molecule has 6 nitrogen and oxygen atoms in total. The summed E-state index contributed by atoms with van der Waals surface area (Å²) in [5.41, 5.74) is 0.931. The molecule has 2 saturated heterocycles. The molecule has 138 valence electrons. The van der Waals surface area contributed by atoms with Gasteiger partial charge in [0.25, 0.3) is 5.91 Å². The molecule has 2 aliphatic rings. The molecule has 1 amide bonds. The molecule has 3 heterocycles. The molecule has 3 rings (SSSR count). The van der Waals surface area contributed by atoms with Gasteiger partial charge in [-0.05, 0) is 38.1 Å². The molecule has 2 fully saturated rings. The summed E-state index contributed by atoms with van der Waals surface area (Å²) in [5.74, 6) is 0.330. The number of aromatic nitrogens is 1. The van der Waals surface area contributed by atoms with Gasteiger partial charge in [-0.2, -0.15) is 0 Å². The van der Waals surface area contributed by atoms with Crippen molar-refractivity contribution in [2.24, 2.45) is 0 Å². The first-order valence-electron chi connectivity index (χ1n) is 9.18. The van der Waals surface area contributed by atoms with E-state index in [1.807, 2.05) is 12.1 Å². The van der Waals surface area contributed by atoms with Gasteiger partial charge in [0.2, 0.25) is 0 Å². The van der Waals surface area contributed by atoms with Gasteiger partial charge in [0, 0.05) is 58.3 Å². The highest BCUT2D eigenvalue weighted by Gasteiger charge is 2.33. The summed E-state index contributed by atoms with van der Waals surface area (Å²) in [7, 11) is 3.49. The predicted molar refractivity (Wildman–Crippen MR) is 95.7 cm³/mol. The topological polar surface area (TPSA) is 65.9 Å². The average molecular weight is 347 g/mol. The van der Waals surface area contributed by atoms with E-state index in [4.69, 9.17) is 4.74 Å². The van der Waals surface area contributed by atoms with Crippen LogP contribution in [-0.4, -0.2) is 78.3 Å². The minimum atomic E-state index is -0.596. The van der Waals surface area contributed by atoms with Gasteiger partial charge in [-0.3, -0.25) is 4.79 Å². The monoisotopic (exact) mass is 347 g/mol. The highest BCUT2D eigenvalue weighted by Crippen LogP contribution is 2.29. The summed E-state index contributed by atoms with van der Waals surface area (Å²) >= 11 is 0. The average Bonchev–Trinajstić information content (AvgIpc) is 2.62. The number of amides is 1. The maximum Gasteiger partial charge on any atom is 0.271 e. The van der Waals surface area contributed by atoms with Gasteiger partial charge in [-0.15, -0.1) is 0 Å². The zero-order chi connectivity index (χ0) is 17.9. The van der Waals surface area contributed by atoms with E-state index in [0.717, 1.165) is 51.0 Å². The van der Waals surface area contributed by atoms with Crippen molar-refractivity contribution >= 4 is 5.91 Å². The quantitative estimate of drug-likeness (QED) is 0.894. The third-order valence-corrected chi connectivity index (χ3v) is 5.34. The largest absolute Gasteiger partial charge is 0.388 e. The van der Waals surface area contributed by atoms with E-state index in [1.165, 1.54) is 0 Å². The molecule has 0 atom stereocenters. The smallest absolute Gasteiger partial charge is 0.271 e. The number of rotatable bonds is 4. The SMILES string of the molecule is CN(C)C(=O)c1cccc(C2CCN(CC3(O)CCOCC3)CC2)n1. The number of nitrogens with zero attached hydrogens (tertiary/aromatic N) is 3. The Balaban J connectivity index is 1.57. The molecule has 1 aromatic rings. The van der Waals surface area contributed by atoms with Crippen LogP contribution < -0.4 is 0 Å². The minimum absolute atomic E-state index is 0.0546. The lowest BCUT2D eigenvalue weighted by Gasteiger charge is -2.39. The molecule has 25 heavy (non-hydrogen) atoms. The lowest BCUT2D eigenvalue weighted by Crippen LogP contribution is -2.48. The maximum atomic E-state index is 12.1. The van der Waals surface area contributed by atoms with Crippen molar-refractivity contribution in [1.82, 2.24) is 14.8 Å². The van der Waals surface area contributed by atoms with Crippen LogP contribution >= 0.6 is 0 Å². The van der Waals surface area contributed by atoms with E-state index in [2.05, 4.69) is 9.88 Å². The lowest BCUT2D eigenvalue weighted by molar-refractivity contribution is -0.0821. The second-order valence-electron chi connectivity index (χ2n) is 7.53. The predicted octanol–water partition coefficient (Wildman–Crippen LogP) is 1.50. The van der Waals surface area contributed by atoms with E-state index in [9.17, 15) is 9.90 Å². The summed E-state index contributed by atoms with van der Waals surface area (Å²) in [6.07, 6.45) is 3.48. The number of hydrogen-bond acceptors (Lipinski definition) is 5. The van der Waals surface area contributed by atoms with E-state index < -0.39 is 5.60 Å². The molecule has 0 unspecified atom stereocenters. The Hall–Kier alpha value is -1.50. The van der Waals surface area contributed by atoms with Crippen molar-refractivity contribution in [3.63, 3.8) is 0 Å². The fourth-order valence-corrected chi connectivity index (χ4v) is 3.74. The Morgan fingerprint density at radius 1 is 1.32 bits per heavy atom. The fourth-order valence-electron chi connectivity index (χ4n) is 3.74. The fraction of sp³-hybridized carbons (Fsp3) is 0.684. The number of ether oxygens (including phenoxy) is 1. The second-order valence-corrected chi connectivity index (χ2v) is 7.53. The van der Waals surface area contributed by atoms with E-state index in [0.29, 0.717) is 24.8 Å². The molecule has 0 aliphatic carbocycles.